The molecule has 4 nitrogen and oxygen atoms in total. The van der Waals surface area contributed by atoms with E-state index >= 15 is 0 Å². The van der Waals surface area contributed by atoms with E-state index in [0.717, 1.165) is 26.2 Å². The van der Waals surface area contributed by atoms with Gasteiger partial charge in [-0.3, -0.25) is 4.79 Å². The van der Waals surface area contributed by atoms with Gasteiger partial charge in [0.15, 0.2) is 0 Å². The third-order valence-corrected chi connectivity index (χ3v) is 4.51. The van der Waals surface area contributed by atoms with Crippen LogP contribution in [0.2, 0.25) is 0 Å². The van der Waals surface area contributed by atoms with Crippen molar-refractivity contribution in [2.24, 2.45) is 11.8 Å². The van der Waals surface area contributed by atoms with Gasteiger partial charge in [0, 0.05) is 19.0 Å². The molecule has 1 unspecified atom stereocenters. The Morgan fingerprint density at radius 2 is 1.90 bits per heavy atom. The molecule has 0 spiro atoms. The van der Waals surface area contributed by atoms with Crippen molar-refractivity contribution in [3.8, 4) is 0 Å². The molecule has 0 bridgehead atoms. The van der Waals surface area contributed by atoms with Crippen LogP contribution in [0.25, 0.3) is 0 Å². The first-order chi connectivity index (χ1) is 9.69. The van der Waals surface area contributed by atoms with Crippen molar-refractivity contribution in [3.05, 3.63) is 0 Å². The van der Waals surface area contributed by atoms with E-state index in [1.54, 1.807) is 0 Å². The van der Waals surface area contributed by atoms with Crippen LogP contribution in [0.5, 0.6) is 0 Å². The average Bonchev–Trinajstić information content (AvgIpc) is 2.99. The summed E-state index contributed by atoms with van der Waals surface area (Å²) in [7, 11) is 0. The lowest BCUT2D eigenvalue weighted by Crippen LogP contribution is -2.35. The summed E-state index contributed by atoms with van der Waals surface area (Å²) in [4.78, 5) is 14.3. The van der Waals surface area contributed by atoms with Gasteiger partial charge in [-0.05, 0) is 31.8 Å². The van der Waals surface area contributed by atoms with Crippen molar-refractivity contribution in [2.75, 3.05) is 39.4 Å². The number of carbonyl (C=O) groups excluding carboxylic acids is 1. The van der Waals surface area contributed by atoms with Crippen LogP contribution >= 0.6 is 0 Å². The third-order valence-electron chi connectivity index (χ3n) is 4.51. The second-order valence-corrected chi connectivity index (χ2v) is 5.76. The fourth-order valence-electron chi connectivity index (χ4n) is 2.91. The number of ether oxygens (including phenoxy) is 1. The highest BCUT2D eigenvalue weighted by atomic mass is 16.5. The Hall–Kier alpha value is -0.610. The van der Waals surface area contributed by atoms with Gasteiger partial charge >= 0.3 is 0 Å². The zero-order valence-corrected chi connectivity index (χ0v) is 13.5. The molecular formula is C16H32N2O2. The Morgan fingerprint density at radius 1 is 1.25 bits per heavy atom. The fraction of sp³-hybridized carbons (Fsp3) is 0.938. The highest BCUT2D eigenvalue weighted by Gasteiger charge is 2.26. The maximum absolute atomic E-state index is 12.0. The summed E-state index contributed by atoms with van der Waals surface area (Å²) < 4.78 is 5.57. The zero-order valence-electron chi connectivity index (χ0n) is 13.5. The van der Waals surface area contributed by atoms with Gasteiger partial charge in [0.25, 0.3) is 0 Å². The van der Waals surface area contributed by atoms with E-state index < -0.39 is 0 Å². The van der Waals surface area contributed by atoms with Crippen molar-refractivity contribution in [2.45, 2.75) is 46.5 Å². The quantitative estimate of drug-likeness (QED) is 0.626. The topological polar surface area (TPSA) is 41.6 Å². The predicted octanol–water partition coefficient (Wildman–Crippen LogP) is 2.29. The molecule has 1 N–H and O–H groups in total. The normalized spacial score (nSPS) is 17.6. The minimum Gasteiger partial charge on any atom is -0.378 e. The molecule has 118 valence electrons. The maximum Gasteiger partial charge on any atom is 0.223 e. The highest BCUT2D eigenvalue weighted by molar-refractivity contribution is 5.78. The van der Waals surface area contributed by atoms with Crippen molar-refractivity contribution in [1.29, 1.82) is 0 Å². The number of nitrogens with one attached hydrogen (secondary N) is 1. The Morgan fingerprint density at radius 3 is 2.50 bits per heavy atom. The summed E-state index contributed by atoms with van der Waals surface area (Å²) in [6, 6.07) is 0. The molecule has 1 aliphatic rings. The number of carbonyl (C=O) groups is 1. The molecule has 0 aromatic carbocycles. The Bertz CT molecular complexity index is 261. The van der Waals surface area contributed by atoms with Crippen molar-refractivity contribution >= 4 is 5.91 Å². The second kappa shape index (κ2) is 10.2. The van der Waals surface area contributed by atoms with E-state index in [2.05, 4.69) is 31.0 Å². The Kier molecular flexibility index (Phi) is 8.86. The fourth-order valence-corrected chi connectivity index (χ4v) is 2.91. The van der Waals surface area contributed by atoms with Gasteiger partial charge in [-0.25, -0.2) is 0 Å². The summed E-state index contributed by atoms with van der Waals surface area (Å²) in [6.45, 7) is 11.5. The molecule has 0 aromatic rings. The van der Waals surface area contributed by atoms with E-state index in [0.29, 0.717) is 19.1 Å². The molecule has 1 fully saturated rings. The Labute approximate surface area is 124 Å². The molecule has 0 heterocycles. The van der Waals surface area contributed by atoms with Crippen LogP contribution < -0.4 is 5.32 Å². The molecule has 1 atom stereocenters. The number of amides is 1. The molecule has 1 rings (SSSR count). The highest BCUT2D eigenvalue weighted by Crippen LogP contribution is 2.31. The van der Waals surface area contributed by atoms with Gasteiger partial charge in [-0.1, -0.05) is 33.6 Å². The summed E-state index contributed by atoms with van der Waals surface area (Å²) in [5.74, 6) is 0.955. The van der Waals surface area contributed by atoms with Crippen molar-refractivity contribution in [1.82, 2.24) is 10.2 Å². The van der Waals surface area contributed by atoms with Crippen LogP contribution in [-0.4, -0.2) is 50.2 Å². The SMILES string of the molecule is CCN(CC)CCOCCNC(=O)C(C)C1CCCC1. The smallest absolute Gasteiger partial charge is 0.223 e. The Balaban J connectivity index is 2.01. The van der Waals surface area contributed by atoms with Crippen molar-refractivity contribution in [3.63, 3.8) is 0 Å². The molecule has 0 aromatic heterocycles. The standard InChI is InChI=1S/C16H32N2O2/c1-4-18(5-2)11-13-20-12-10-17-16(19)14(3)15-8-6-7-9-15/h14-15H,4-13H2,1-3H3,(H,17,19). The van der Waals surface area contributed by atoms with Crippen LogP contribution in [0.15, 0.2) is 0 Å². The van der Waals surface area contributed by atoms with Gasteiger partial charge in [-0.15, -0.1) is 0 Å². The first-order valence-corrected chi connectivity index (χ1v) is 8.26. The zero-order chi connectivity index (χ0) is 14.8. The second-order valence-electron chi connectivity index (χ2n) is 5.76. The van der Waals surface area contributed by atoms with Crippen LogP contribution in [0.4, 0.5) is 0 Å². The summed E-state index contributed by atoms with van der Waals surface area (Å²) in [5, 5.41) is 3.00. The van der Waals surface area contributed by atoms with Gasteiger partial charge in [0.2, 0.25) is 5.91 Å². The molecule has 1 saturated carbocycles. The first kappa shape index (κ1) is 17.4. The lowest BCUT2D eigenvalue weighted by atomic mass is 9.92. The van der Waals surface area contributed by atoms with E-state index in [4.69, 9.17) is 4.74 Å². The third kappa shape index (κ3) is 6.23. The monoisotopic (exact) mass is 284 g/mol. The predicted molar refractivity (Wildman–Crippen MR) is 82.7 cm³/mol. The molecule has 0 radical (unpaired) electrons. The summed E-state index contributed by atoms with van der Waals surface area (Å²) >= 11 is 0. The van der Waals surface area contributed by atoms with Gasteiger partial charge in [0.1, 0.15) is 0 Å². The van der Waals surface area contributed by atoms with Gasteiger partial charge in [0.05, 0.1) is 13.2 Å². The van der Waals surface area contributed by atoms with Crippen LogP contribution in [0, 0.1) is 11.8 Å². The molecule has 0 saturated heterocycles. The number of hydrogen-bond acceptors (Lipinski definition) is 3. The van der Waals surface area contributed by atoms with Crippen LogP contribution in [-0.2, 0) is 9.53 Å². The molecule has 20 heavy (non-hydrogen) atoms. The molecule has 4 heteroatoms. The lowest BCUT2D eigenvalue weighted by Gasteiger charge is -2.19. The van der Waals surface area contributed by atoms with Gasteiger partial charge in [-0.2, -0.15) is 0 Å². The number of hydrogen-bond donors (Lipinski definition) is 1. The summed E-state index contributed by atoms with van der Waals surface area (Å²) in [6.07, 6.45) is 5.01. The van der Waals surface area contributed by atoms with E-state index in [1.165, 1.54) is 25.7 Å². The maximum atomic E-state index is 12.0. The lowest BCUT2D eigenvalue weighted by molar-refractivity contribution is -0.126. The largest absolute Gasteiger partial charge is 0.378 e. The minimum atomic E-state index is 0.160. The molecule has 1 aliphatic carbocycles. The van der Waals surface area contributed by atoms with E-state index in [1.807, 2.05) is 0 Å². The number of rotatable bonds is 10. The van der Waals surface area contributed by atoms with Gasteiger partial charge < -0.3 is 15.0 Å². The van der Waals surface area contributed by atoms with Crippen LogP contribution in [0.3, 0.4) is 0 Å². The number of nitrogens with zero attached hydrogens (tertiary/aromatic N) is 1. The minimum absolute atomic E-state index is 0.160. The first-order valence-electron chi connectivity index (χ1n) is 8.26. The molecular weight excluding hydrogens is 252 g/mol. The van der Waals surface area contributed by atoms with Crippen molar-refractivity contribution < 1.29 is 9.53 Å². The molecule has 1 amide bonds. The van der Waals surface area contributed by atoms with Crippen LogP contribution in [0.1, 0.15) is 46.5 Å². The number of likely N-dealkylation sites (N-methyl/N-ethyl adjacent to an activating group) is 1. The van der Waals surface area contributed by atoms with E-state index in [9.17, 15) is 4.79 Å². The molecule has 0 aliphatic heterocycles. The average molecular weight is 284 g/mol. The summed E-state index contributed by atoms with van der Waals surface area (Å²) in [5.41, 5.74) is 0. The van der Waals surface area contributed by atoms with E-state index in [-0.39, 0.29) is 11.8 Å².